The fourth-order valence-corrected chi connectivity index (χ4v) is 4.42. The topological polar surface area (TPSA) is 72.7 Å². The van der Waals surface area contributed by atoms with Gasteiger partial charge in [0.05, 0.1) is 11.4 Å². The van der Waals surface area contributed by atoms with Crippen LogP contribution in [0.15, 0.2) is 59.1 Å². The Bertz CT molecular complexity index is 1180. The van der Waals surface area contributed by atoms with Gasteiger partial charge >= 0.3 is 0 Å². The first-order chi connectivity index (χ1) is 14.5. The lowest BCUT2D eigenvalue weighted by atomic mass is 10.1. The molecule has 0 aliphatic carbocycles. The number of benzene rings is 2. The van der Waals surface area contributed by atoms with Crippen LogP contribution in [0.3, 0.4) is 0 Å². The minimum Gasteiger partial charge on any atom is -0.305 e. The van der Waals surface area contributed by atoms with Crippen LogP contribution in [-0.4, -0.2) is 31.4 Å². The summed E-state index contributed by atoms with van der Waals surface area (Å²) in [6.07, 6.45) is 0. The van der Waals surface area contributed by atoms with Crippen LogP contribution in [-0.2, 0) is 11.8 Å². The van der Waals surface area contributed by atoms with Gasteiger partial charge in [0.1, 0.15) is 0 Å². The SMILES string of the molecule is Cc1ccc(-c2csc(NC(=O)CSc3nnc(-c4ccccc4C)n3C)n2)cc1. The van der Waals surface area contributed by atoms with E-state index in [1.807, 2.05) is 60.3 Å². The second-order valence-corrected chi connectivity index (χ2v) is 8.72. The first kappa shape index (κ1) is 20.3. The Kier molecular flexibility index (Phi) is 5.96. The number of nitrogens with zero attached hydrogens (tertiary/aromatic N) is 4. The third-order valence-electron chi connectivity index (χ3n) is 4.65. The lowest BCUT2D eigenvalue weighted by Crippen LogP contribution is -2.14. The smallest absolute Gasteiger partial charge is 0.236 e. The van der Waals surface area contributed by atoms with E-state index in [1.165, 1.54) is 28.7 Å². The van der Waals surface area contributed by atoms with Gasteiger partial charge in [-0.3, -0.25) is 4.79 Å². The minimum atomic E-state index is -0.120. The number of carbonyl (C=O) groups excluding carboxylic acids is 1. The molecule has 30 heavy (non-hydrogen) atoms. The highest BCUT2D eigenvalue weighted by Gasteiger charge is 2.15. The van der Waals surface area contributed by atoms with E-state index in [-0.39, 0.29) is 11.7 Å². The predicted octanol–water partition coefficient (Wildman–Crippen LogP) is 4.95. The van der Waals surface area contributed by atoms with Crippen molar-refractivity contribution in [3.63, 3.8) is 0 Å². The largest absolute Gasteiger partial charge is 0.305 e. The van der Waals surface area contributed by atoms with Gasteiger partial charge in [-0.15, -0.1) is 21.5 Å². The second kappa shape index (κ2) is 8.81. The number of thiazole rings is 1. The van der Waals surface area contributed by atoms with Crippen LogP contribution in [0.25, 0.3) is 22.6 Å². The molecule has 0 aliphatic rings. The van der Waals surface area contributed by atoms with E-state index in [4.69, 9.17) is 0 Å². The molecule has 4 aromatic rings. The van der Waals surface area contributed by atoms with E-state index < -0.39 is 0 Å². The fraction of sp³-hybridized carbons (Fsp3) is 0.182. The Morgan fingerprint density at radius 1 is 1.10 bits per heavy atom. The third-order valence-corrected chi connectivity index (χ3v) is 6.43. The molecule has 0 atom stereocenters. The summed E-state index contributed by atoms with van der Waals surface area (Å²) in [5.41, 5.74) is 5.27. The molecule has 8 heteroatoms. The molecule has 6 nitrogen and oxygen atoms in total. The molecule has 4 rings (SSSR count). The summed E-state index contributed by atoms with van der Waals surface area (Å²) < 4.78 is 1.92. The van der Waals surface area contributed by atoms with Gasteiger partial charge in [-0.25, -0.2) is 4.98 Å². The number of nitrogens with one attached hydrogen (secondary N) is 1. The number of carbonyl (C=O) groups is 1. The molecule has 0 fully saturated rings. The van der Waals surface area contributed by atoms with Crippen molar-refractivity contribution < 1.29 is 4.79 Å². The highest BCUT2D eigenvalue weighted by atomic mass is 32.2. The highest BCUT2D eigenvalue weighted by molar-refractivity contribution is 7.99. The van der Waals surface area contributed by atoms with Crippen molar-refractivity contribution in [2.45, 2.75) is 19.0 Å². The summed E-state index contributed by atoms with van der Waals surface area (Å²) in [5.74, 6) is 0.906. The van der Waals surface area contributed by atoms with Crippen molar-refractivity contribution in [2.24, 2.45) is 7.05 Å². The number of anilines is 1. The van der Waals surface area contributed by atoms with Crippen molar-refractivity contribution in [1.82, 2.24) is 19.7 Å². The normalized spacial score (nSPS) is 10.9. The van der Waals surface area contributed by atoms with Crippen molar-refractivity contribution >= 4 is 34.1 Å². The zero-order valence-electron chi connectivity index (χ0n) is 16.9. The molecule has 0 bridgehead atoms. The molecule has 0 radical (unpaired) electrons. The van der Waals surface area contributed by atoms with Crippen LogP contribution in [0.4, 0.5) is 5.13 Å². The quantitative estimate of drug-likeness (QED) is 0.434. The van der Waals surface area contributed by atoms with Crippen LogP contribution >= 0.6 is 23.1 Å². The number of amides is 1. The van der Waals surface area contributed by atoms with Gasteiger partial charge in [-0.2, -0.15) is 0 Å². The highest BCUT2D eigenvalue weighted by Crippen LogP contribution is 2.27. The van der Waals surface area contributed by atoms with Crippen LogP contribution in [0.2, 0.25) is 0 Å². The minimum absolute atomic E-state index is 0.120. The molecule has 1 amide bonds. The molecule has 2 aromatic carbocycles. The summed E-state index contributed by atoms with van der Waals surface area (Å²) in [7, 11) is 1.91. The van der Waals surface area contributed by atoms with Crippen LogP contribution < -0.4 is 5.32 Å². The van der Waals surface area contributed by atoms with Gasteiger partial charge < -0.3 is 9.88 Å². The van der Waals surface area contributed by atoms with Crippen molar-refractivity contribution in [3.05, 3.63) is 65.0 Å². The maximum atomic E-state index is 12.4. The molecule has 0 aliphatic heterocycles. The van der Waals surface area contributed by atoms with Gasteiger partial charge in [0.2, 0.25) is 5.91 Å². The van der Waals surface area contributed by atoms with E-state index in [0.29, 0.717) is 10.3 Å². The molecule has 2 heterocycles. The summed E-state index contributed by atoms with van der Waals surface area (Å²) in [4.78, 5) is 16.9. The first-order valence-corrected chi connectivity index (χ1v) is 11.3. The molecule has 0 saturated carbocycles. The molecule has 0 spiro atoms. The van der Waals surface area contributed by atoms with Gasteiger partial charge in [0, 0.05) is 23.6 Å². The maximum absolute atomic E-state index is 12.4. The fourth-order valence-electron chi connectivity index (χ4n) is 2.97. The molecule has 0 saturated heterocycles. The Morgan fingerprint density at radius 2 is 1.87 bits per heavy atom. The molecule has 0 unspecified atom stereocenters. The monoisotopic (exact) mass is 435 g/mol. The van der Waals surface area contributed by atoms with Gasteiger partial charge in [0.25, 0.3) is 0 Å². The second-order valence-electron chi connectivity index (χ2n) is 6.92. The number of hydrogen-bond donors (Lipinski definition) is 1. The molecular weight excluding hydrogens is 414 g/mol. The van der Waals surface area contributed by atoms with Gasteiger partial charge in [-0.05, 0) is 19.4 Å². The maximum Gasteiger partial charge on any atom is 0.236 e. The Balaban J connectivity index is 1.38. The summed E-state index contributed by atoms with van der Waals surface area (Å²) >= 11 is 2.77. The van der Waals surface area contributed by atoms with Gasteiger partial charge in [-0.1, -0.05) is 65.9 Å². The van der Waals surface area contributed by atoms with E-state index in [2.05, 4.69) is 39.6 Å². The lowest BCUT2D eigenvalue weighted by Gasteiger charge is -2.06. The standard InChI is InChI=1S/C22H21N5OS2/c1-14-8-10-16(11-9-14)18-12-29-21(23-18)24-19(28)13-30-22-26-25-20(27(22)3)17-7-5-4-6-15(17)2/h4-12H,13H2,1-3H3,(H,23,24,28). The number of rotatable bonds is 6. The summed E-state index contributed by atoms with van der Waals surface area (Å²) in [6.45, 7) is 4.10. The first-order valence-electron chi connectivity index (χ1n) is 9.42. The van der Waals surface area contributed by atoms with E-state index in [1.54, 1.807) is 0 Å². The van der Waals surface area contributed by atoms with E-state index >= 15 is 0 Å². The average Bonchev–Trinajstić information content (AvgIpc) is 3.34. The zero-order chi connectivity index (χ0) is 21.1. The predicted molar refractivity (Wildman–Crippen MR) is 123 cm³/mol. The van der Waals surface area contributed by atoms with Crippen molar-refractivity contribution in [3.8, 4) is 22.6 Å². The average molecular weight is 436 g/mol. The van der Waals surface area contributed by atoms with Crippen LogP contribution in [0.1, 0.15) is 11.1 Å². The van der Waals surface area contributed by atoms with Crippen LogP contribution in [0.5, 0.6) is 0 Å². The Morgan fingerprint density at radius 3 is 2.63 bits per heavy atom. The van der Waals surface area contributed by atoms with Gasteiger partial charge in [0.15, 0.2) is 16.1 Å². The third kappa shape index (κ3) is 4.44. The zero-order valence-corrected chi connectivity index (χ0v) is 18.5. The molecular formula is C22H21N5OS2. The number of thioether (sulfide) groups is 1. The van der Waals surface area contributed by atoms with Crippen LogP contribution in [0, 0.1) is 13.8 Å². The summed E-state index contributed by atoms with van der Waals surface area (Å²) in [6, 6.07) is 16.2. The Labute approximate surface area is 183 Å². The van der Waals surface area contributed by atoms with E-state index in [9.17, 15) is 4.79 Å². The number of hydrogen-bond acceptors (Lipinski definition) is 6. The van der Waals surface area contributed by atoms with E-state index in [0.717, 1.165) is 28.2 Å². The Hall–Kier alpha value is -2.97. The molecule has 152 valence electrons. The molecule has 1 N–H and O–H groups in total. The number of aromatic nitrogens is 4. The lowest BCUT2D eigenvalue weighted by molar-refractivity contribution is -0.113. The number of aryl methyl sites for hydroxylation is 2. The van der Waals surface area contributed by atoms with Crippen molar-refractivity contribution in [1.29, 1.82) is 0 Å². The van der Waals surface area contributed by atoms with Crippen molar-refractivity contribution in [2.75, 3.05) is 11.1 Å². The summed E-state index contributed by atoms with van der Waals surface area (Å²) in [5, 5.41) is 14.7. The molecule has 2 aromatic heterocycles.